The van der Waals surface area contributed by atoms with Gasteiger partial charge in [-0.2, -0.15) is 0 Å². The summed E-state index contributed by atoms with van der Waals surface area (Å²) in [7, 11) is 0. The molecule has 0 atom stereocenters. The Balaban J connectivity index is 1.70. The van der Waals surface area contributed by atoms with Gasteiger partial charge in [0, 0.05) is 18.3 Å². The van der Waals surface area contributed by atoms with Gasteiger partial charge in [0.05, 0.1) is 31.6 Å². The van der Waals surface area contributed by atoms with Crippen LogP contribution >= 0.6 is 0 Å². The molecule has 0 bridgehead atoms. The van der Waals surface area contributed by atoms with Crippen LogP contribution in [0.5, 0.6) is 0 Å². The highest BCUT2D eigenvalue weighted by molar-refractivity contribution is 5.32. The molecule has 0 fully saturated rings. The van der Waals surface area contributed by atoms with Gasteiger partial charge in [0.15, 0.2) is 0 Å². The molecule has 15 heavy (non-hydrogen) atoms. The van der Waals surface area contributed by atoms with Crippen LogP contribution in [0.4, 0.5) is 5.82 Å². The lowest BCUT2D eigenvalue weighted by atomic mass is 10.3. The van der Waals surface area contributed by atoms with E-state index in [4.69, 9.17) is 10.5 Å². The number of aromatic amines is 2. The van der Waals surface area contributed by atoms with Crippen LogP contribution in [0, 0.1) is 0 Å². The summed E-state index contributed by atoms with van der Waals surface area (Å²) in [6.45, 7) is 1.08. The maximum Gasteiger partial charge on any atom is 0.147 e. The molecular formula is C9H13N5O. The van der Waals surface area contributed by atoms with Crippen molar-refractivity contribution in [2.45, 2.75) is 13.0 Å². The molecule has 0 aliphatic carbocycles. The minimum absolute atomic E-state index is 0.458. The van der Waals surface area contributed by atoms with E-state index < -0.39 is 0 Å². The Hall–Kier alpha value is -1.82. The monoisotopic (exact) mass is 207 g/mol. The minimum atomic E-state index is 0.458. The third-order valence-electron chi connectivity index (χ3n) is 2.07. The number of hydrogen-bond acceptors (Lipinski definition) is 4. The van der Waals surface area contributed by atoms with Crippen LogP contribution < -0.4 is 5.73 Å². The van der Waals surface area contributed by atoms with Crippen molar-refractivity contribution in [3.63, 3.8) is 0 Å². The first-order chi connectivity index (χ1) is 7.36. The lowest BCUT2D eigenvalue weighted by Crippen LogP contribution is -2.01. The van der Waals surface area contributed by atoms with Crippen LogP contribution in [-0.4, -0.2) is 26.5 Å². The van der Waals surface area contributed by atoms with Crippen molar-refractivity contribution in [3.05, 3.63) is 30.2 Å². The molecule has 2 heterocycles. The standard InChI is InChI=1S/C9H13N5O/c10-9-8(13-6-14-9)4-15-2-1-7-3-11-5-12-7/h3,5-6H,1-2,4,10H2,(H,11,12)(H,13,14). The molecule has 0 amide bonds. The fourth-order valence-electron chi connectivity index (χ4n) is 1.22. The smallest absolute Gasteiger partial charge is 0.147 e. The lowest BCUT2D eigenvalue weighted by Gasteiger charge is -2.01. The van der Waals surface area contributed by atoms with Gasteiger partial charge >= 0.3 is 0 Å². The molecule has 0 spiro atoms. The third-order valence-corrected chi connectivity index (χ3v) is 2.07. The molecule has 0 saturated heterocycles. The van der Waals surface area contributed by atoms with Gasteiger partial charge in [0.1, 0.15) is 5.82 Å². The predicted molar refractivity (Wildman–Crippen MR) is 54.9 cm³/mol. The number of nitrogens with two attached hydrogens (primary N) is 1. The van der Waals surface area contributed by atoms with Crippen molar-refractivity contribution >= 4 is 5.82 Å². The maximum absolute atomic E-state index is 5.58. The van der Waals surface area contributed by atoms with Gasteiger partial charge in [-0.05, 0) is 0 Å². The average Bonchev–Trinajstić information content (AvgIpc) is 2.85. The molecule has 6 heteroatoms. The summed E-state index contributed by atoms with van der Waals surface area (Å²) in [5.74, 6) is 0.497. The Labute approximate surface area is 86.9 Å². The molecule has 0 saturated carbocycles. The Kier molecular flexibility index (Phi) is 2.99. The molecule has 2 aromatic rings. The molecule has 4 N–H and O–H groups in total. The largest absolute Gasteiger partial charge is 0.382 e. The summed E-state index contributed by atoms with van der Waals surface area (Å²) in [5.41, 5.74) is 7.46. The normalized spacial score (nSPS) is 10.7. The van der Waals surface area contributed by atoms with Gasteiger partial charge < -0.3 is 20.4 Å². The first-order valence-electron chi connectivity index (χ1n) is 4.69. The first-order valence-corrected chi connectivity index (χ1v) is 4.69. The fourth-order valence-corrected chi connectivity index (χ4v) is 1.22. The number of aromatic nitrogens is 4. The predicted octanol–water partition coefficient (Wildman–Crippen LogP) is 0.474. The molecule has 0 radical (unpaired) electrons. The van der Waals surface area contributed by atoms with E-state index in [2.05, 4.69) is 19.9 Å². The lowest BCUT2D eigenvalue weighted by molar-refractivity contribution is 0.121. The summed E-state index contributed by atoms with van der Waals surface area (Å²) in [4.78, 5) is 13.7. The summed E-state index contributed by atoms with van der Waals surface area (Å²) in [6.07, 6.45) is 5.81. The highest BCUT2D eigenvalue weighted by Crippen LogP contribution is 2.05. The van der Waals surface area contributed by atoms with Crippen LogP contribution in [0.1, 0.15) is 11.4 Å². The first kappa shape index (κ1) is 9.72. The number of imidazole rings is 2. The zero-order chi connectivity index (χ0) is 10.5. The van der Waals surface area contributed by atoms with Gasteiger partial charge in [-0.1, -0.05) is 0 Å². The van der Waals surface area contributed by atoms with Crippen molar-refractivity contribution in [2.24, 2.45) is 0 Å². The number of nitrogens with zero attached hydrogens (tertiary/aromatic N) is 2. The van der Waals surface area contributed by atoms with Crippen LogP contribution in [0.3, 0.4) is 0 Å². The summed E-state index contributed by atoms with van der Waals surface area (Å²) < 4.78 is 5.43. The van der Waals surface area contributed by atoms with Crippen molar-refractivity contribution in [1.82, 2.24) is 19.9 Å². The summed E-state index contributed by atoms with van der Waals surface area (Å²) in [5, 5.41) is 0. The number of ether oxygens (including phenoxy) is 1. The van der Waals surface area contributed by atoms with Crippen molar-refractivity contribution < 1.29 is 4.74 Å². The van der Waals surface area contributed by atoms with Gasteiger partial charge in [0.2, 0.25) is 0 Å². The second-order valence-corrected chi connectivity index (χ2v) is 3.15. The molecule has 0 aliphatic heterocycles. The van der Waals surface area contributed by atoms with Gasteiger partial charge in [-0.25, -0.2) is 9.97 Å². The molecule has 2 aromatic heterocycles. The number of rotatable bonds is 5. The summed E-state index contributed by atoms with van der Waals surface area (Å²) >= 11 is 0. The van der Waals surface area contributed by atoms with Crippen LogP contribution in [0.25, 0.3) is 0 Å². The third kappa shape index (κ3) is 2.57. The van der Waals surface area contributed by atoms with E-state index in [0.29, 0.717) is 19.0 Å². The number of nitrogens with one attached hydrogen (secondary N) is 2. The van der Waals surface area contributed by atoms with Crippen LogP contribution in [0.15, 0.2) is 18.9 Å². The second-order valence-electron chi connectivity index (χ2n) is 3.15. The van der Waals surface area contributed by atoms with E-state index in [1.165, 1.54) is 0 Å². The van der Waals surface area contributed by atoms with E-state index in [-0.39, 0.29) is 0 Å². The van der Waals surface area contributed by atoms with E-state index in [1.54, 1.807) is 18.9 Å². The van der Waals surface area contributed by atoms with Crippen LogP contribution in [-0.2, 0) is 17.8 Å². The molecule has 0 aliphatic rings. The zero-order valence-corrected chi connectivity index (χ0v) is 8.23. The van der Waals surface area contributed by atoms with Crippen molar-refractivity contribution in [1.29, 1.82) is 0 Å². The molecule has 0 aromatic carbocycles. The van der Waals surface area contributed by atoms with E-state index in [1.807, 2.05) is 0 Å². The Bertz CT molecular complexity index is 394. The minimum Gasteiger partial charge on any atom is -0.382 e. The SMILES string of the molecule is Nc1nc[nH]c1COCCc1cnc[nH]1. The Morgan fingerprint density at radius 1 is 1.33 bits per heavy atom. The fraction of sp³-hybridized carbons (Fsp3) is 0.333. The average molecular weight is 207 g/mol. The topological polar surface area (TPSA) is 92.6 Å². The van der Waals surface area contributed by atoms with Gasteiger partial charge in [-0.15, -0.1) is 0 Å². The van der Waals surface area contributed by atoms with E-state index >= 15 is 0 Å². The Morgan fingerprint density at radius 3 is 2.93 bits per heavy atom. The van der Waals surface area contributed by atoms with E-state index in [9.17, 15) is 0 Å². The molecule has 2 rings (SSSR count). The maximum atomic E-state index is 5.58. The quantitative estimate of drug-likeness (QED) is 0.621. The molecular weight excluding hydrogens is 194 g/mol. The number of hydrogen-bond donors (Lipinski definition) is 3. The number of anilines is 1. The molecule has 6 nitrogen and oxygen atoms in total. The van der Waals surface area contributed by atoms with Crippen molar-refractivity contribution in [2.75, 3.05) is 12.3 Å². The van der Waals surface area contributed by atoms with Crippen molar-refractivity contribution in [3.8, 4) is 0 Å². The molecule has 80 valence electrons. The van der Waals surface area contributed by atoms with E-state index in [0.717, 1.165) is 17.8 Å². The highest BCUT2D eigenvalue weighted by atomic mass is 16.5. The highest BCUT2D eigenvalue weighted by Gasteiger charge is 2.01. The number of H-pyrrole nitrogens is 2. The van der Waals surface area contributed by atoms with Gasteiger partial charge in [-0.3, -0.25) is 0 Å². The number of nitrogen functional groups attached to an aromatic ring is 1. The zero-order valence-electron chi connectivity index (χ0n) is 8.23. The second kappa shape index (κ2) is 4.61. The Morgan fingerprint density at radius 2 is 2.27 bits per heavy atom. The summed E-state index contributed by atoms with van der Waals surface area (Å²) in [6, 6.07) is 0. The van der Waals surface area contributed by atoms with Gasteiger partial charge in [0.25, 0.3) is 0 Å². The molecule has 0 unspecified atom stereocenters. The van der Waals surface area contributed by atoms with Crippen LogP contribution in [0.2, 0.25) is 0 Å².